The van der Waals surface area contributed by atoms with Gasteiger partial charge in [0.2, 0.25) is 5.89 Å². The quantitative estimate of drug-likeness (QED) is 0.169. The third kappa shape index (κ3) is 5.07. The largest absolute Gasteiger partial charge is 0.435 e. The number of aromatic nitrogens is 2. The van der Waals surface area contributed by atoms with Crippen LogP contribution in [0.1, 0.15) is 25.0 Å². The predicted octanol–water partition coefficient (Wildman–Crippen LogP) is 15.2. The van der Waals surface area contributed by atoms with Gasteiger partial charge in [0.1, 0.15) is 5.52 Å². The molecular formula is C56H39N3O. The predicted molar refractivity (Wildman–Crippen MR) is 249 cm³/mol. The van der Waals surface area contributed by atoms with E-state index in [1.165, 1.54) is 49.3 Å². The molecule has 0 spiro atoms. The summed E-state index contributed by atoms with van der Waals surface area (Å²) in [6.45, 7) is 4.71. The Labute approximate surface area is 348 Å². The van der Waals surface area contributed by atoms with Crippen molar-refractivity contribution >= 4 is 60.7 Å². The van der Waals surface area contributed by atoms with Crippen molar-refractivity contribution in [2.45, 2.75) is 19.3 Å². The summed E-state index contributed by atoms with van der Waals surface area (Å²) in [4.78, 5) is 7.38. The standard InChI is InChI=1S/C56H39N3O/c1-56(2)45-26-13-11-23-43(45)53-46(56)27-16-30-49(53)59(39-33-31-36(32-34-39)40-25-15-28-47-54(40)60-55(57-47)37-17-5-3-6-18-37)50-35-51-52(42-22-10-9-21-41(42)50)44-24-12-14-29-48(44)58(51)38-19-7-4-8-20-38/h3-35H,1-2H3. The van der Waals surface area contributed by atoms with Crippen molar-refractivity contribution < 1.29 is 4.42 Å². The Balaban J connectivity index is 1.13. The van der Waals surface area contributed by atoms with Gasteiger partial charge in [-0.3, -0.25) is 0 Å². The van der Waals surface area contributed by atoms with Gasteiger partial charge >= 0.3 is 0 Å². The number of para-hydroxylation sites is 3. The van der Waals surface area contributed by atoms with E-state index in [1.807, 2.05) is 36.4 Å². The van der Waals surface area contributed by atoms with Crippen LogP contribution in [0.15, 0.2) is 205 Å². The summed E-state index contributed by atoms with van der Waals surface area (Å²) in [5, 5.41) is 4.90. The second-order valence-corrected chi connectivity index (χ2v) is 16.3. The number of hydrogen-bond donors (Lipinski definition) is 0. The Bertz CT molecular complexity index is 3450. The lowest BCUT2D eigenvalue weighted by molar-refractivity contribution is 0.621. The van der Waals surface area contributed by atoms with E-state index in [4.69, 9.17) is 9.40 Å². The minimum atomic E-state index is -0.155. The average molecular weight is 770 g/mol. The summed E-state index contributed by atoms with van der Waals surface area (Å²) in [6.07, 6.45) is 0. The maximum Gasteiger partial charge on any atom is 0.227 e. The lowest BCUT2D eigenvalue weighted by Crippen LogP contribution is -2.16. The van der Waals surface area contributed by atoms with Crippen LogP contribution in [0.3, 0.4) is 0 Å². The molecule has 60 heavy (non-hydrogen) atoms. The molecule has 2 aromatic heterocycles. The topological polar surface area (TPSA) is 34.2 Å². The van der Waals surface area contributed by atoms with Gasteiger partial charge in [-0.25, -0.2) is 4.98 Å². The van der Waals surface area contributed by atoms with Crippen molar-refractivity contribution in [3.05, 3.63) is 211 Å². The van der Waals surface area contributed by atoms with E-state index in [0.717, 1.165) is 56.1 Å². The van der Waals surface area contributed by atoms with E-state index >= 15 is 0 Å². The Morgan fingerprint density at radius 3 is 1.97 bits per heavy atom. The van der Waals surface area contributed by atoms with Crippen LogP contribution >= 0.6 is 0 Å². The molecule has 0 unspecified atom stereocenters. The van der Waals surface area contributed by atoms with Crippen molar-refractivity contribution in [3.63, 3.8) is 0 Å². The van der Waals surface area contributed by atoms with Crippen molar-refractivity contribution in [2.75, 3.05) is 4.90 Å². The molecule has 0 fully saturated rings. The Morgan fingerprint density at radius 1 is 0.500 bits per heavy atom. The first kappa shape index (κ1) is 34.4. The number of fused-ring (bicyclic) bond motifs is 9. The molecule has 284 valence electrons. The fourth-order valence-electron chi connectivity index (χ4n) is 9.85. The average Bonchev–Trinajstić information content (AvgIpc) is 3.96. The second kappa shape index (κ2) is 13.2. The summed E-state index contributed by atoms with van der Waals surface area (Å²) in [6, 6.07) is 72.0. The smallest absolute Gasteiger partial charge is 0.227 e. The summed E-state index contributed by atoms with van der Waals surface area (Å²) in [5.74, 6) is 0.622. The zero-order chi connectivity index (χ0) is 40.0. The molecule has 0 radical (unpaired) electrons. The number of oxazole rings is 1. The molecule has 1 aliphatic carbocycles. The van der Waals surface area contributed by atoms with Crippen molar-refractivity contribution in [1.29, 1.82) is 0 Å². The van der Waals surface area contributed by atoms with Crippen LogP contribution in [0, 0.1) is 0 Å². The third-order valence-electron chi connectivity index (χ3n) is 12.6. The molecule has 0 atom stereocenters. The third-order valence-corrected chi connectivity index (χ3v) is 12.6. The van der Waals surface area contributed by atoms with E-state index in [0.29, 0.717) is 5.89 Å². The highest BCUT2D eigenvalue weighted by Crippen LogP contribution is 2.55. The van der Waals surface area contributed by atoms with Gasteiger partial charge in [0.15, 0.2) is 5.58 Å². The number of nitrogens with zero attached hydrogens (tertiary/aromatic N) is 3. The zero-order valence-corrected chi connectivity index (χ0v) is 33.3. The molecule has 0 saturated heterocycles. The zero-order valence-electron chi connectivity index (χ0n) is 33.3. The normalized spacial score (nSPS) is 13.0. The van der Waals surface area contributed by atoms with E-state index in [-0.39, 0.29) is 5.41 Å². The summed E-state index contributed by atoms with van der Waals surface area (Å²) < 4.78 is 8.93. The molecule has 2 heterocycles. The van der Waals surface area contributed by atoms with E-state index in [1.54, 1.807) is 0 Å². The van der Waals surface area contributed by atoms with E-state index in [9.17, 15) is 0 Å². The first-order chi connectivity index (χ1) is 29.5. The number of rotatable bonds is 6. The molecule has 11 aromatic rings. The molecule has 0 N–H and O–H groups in total. The van der Waals surface area contributed by atoms with Gasteiger partial charge in [-0.1, -0.05) is 153 Å². The van der Waals surface area contributed by atoms with Crippen LogP contribution in [0.5, 0.6) is 0 Å². The maximum atomic E-state index is 6.50. The maximum absolute atomic E-state index is 6.50. The molecule has 0 aliphatic heterocycles. The van der Waals surface area contributed by atoms with E-state index < -0.39 is 0 Å². The summed E-state index contributed by atoms with van der Waals surface area (Å²) in [5.41, 5.74) is 16.6. The van der Waals surface area contributed by atoms with Crippen LogP contribution in [0.2, 0.25) is 0 Å². The second-order valence-electron chi connectivity index (χ2n) is 16.3. The van der Waals surface area contributed by atoms with Crippen LogP contribution in [-0.2, 0) is 5.41 Å². The first-order valence-corrected chi connectivity index (χ1v) is 20.6. The molecule has 4 heteroatoms. The first-order valence-electron chi connectivity index (χ1n) is 20.6. The van der Waals surface area contributed by atoms with Gasteiger partial charge in [-0.2, -0.15) is 0 Å². The molecule has 0 saturated carbocycles. The number of benzene rings is 9. The van der Waals surface area contributed by atoms with Crippen molar-refractivity contribution in [3.8, 4) is 39.4 Å². The fraction of sp³-hybridized carbons (Fsp3) is 0.0536. The number of anilines is 3. The SMILES string of the molecule is CC1(C)c2ccccc2-c2c(N(c3ccc(-c4cccc5nc(-c6ccccc6)oc45)cc3)c3cc4c(c5ccccc35)c3ccccc3n4-c3ccccc3)cccc21. The summed E-state index contributed by atoms with van der Waals surface area (Å²) in [7, 11) is 0. The van der Waals surface area contributed by atoms with Crippen molar-refractivity contribution in [1.82, 2.24) is 9.55 Å². The van der Waals surface area contributed by atoms with Gasteiger partial charge in [0.25, 0.3) is 0 Å². The number of hydrogen-bond acceptors (Lipinski definition) is 3. The van der Waals surface area contributed by atoms with E-state index in [2.05, 4.69) is 187 Å². The Kier molecular flexibility index (Phi) is 7.54. The Hall–Kier alpha value is -7.69. The highest BCUT2D eigenvalue weighted by molar-refractivity contribution is 6.25. The highest BCUT2D eigenvalue weighted by Gasteiger charge is 2.38. The van der Waals surface area contributed by atoms with Crippen LogP contribution < -0.4 is 4.90 Å². The van der Waals surface area contributed by atoms with Gasteiger partial charge in [-0.05, 0) is 88.3 Å². The monoisotopic (exact) mass is 769 g/mol. The molecule has 4 nitrogen and oxygen atoms in total. The van der Waals surface area contributed by atoms with Gasteiger partial charge in [-0.15, -0.1) is 0 Å². The van der Waals surface area contributed by atoms with Crippen LogP contribution in [-0.4, -0.2) is 9.55 Å². The minimum Gasteiger partial charge on any atom is -0.435 e. The molecular weight excluding hydrogens is 731 g/mol. The molecule has 1 aliphatic rings. The molecule has 9 aromatic carbocycles. The van der Waals surface area contributed by atoms with Crippen LogP contribution in [0.4, 0.5) is 17.1 Å². The fourth-order valence-corrected chi connectivity index (χ4v) is 9.85. The lowest BCUT2D eigenvalue weighted by atomic mass is 9.82. The van der Waals surface area contributed by atoms with Crippen molar-refractivity contribution in [2.24, 2.45) is 0 Å². The Morgan fingerprint density at radius 2 is 1.15 bits per heavy atom. The minimum absolute atomic E-state index is 0.155. The van der Waals surface area contributed by atoms with Crippen LogP contribution in [0.25, 0.3) is 83.1 Å². The van der Waals surface area contributed by atoms with Gasteiger partial charge in [0, 0.05) is 49.6 Å². The lowest BCUT2D eigenvalue weighted by Gasteiger charge is -2.30. The summed E-state index contributed by atoms with van der Waals surface area (Å²) >= 11 is 0. The van der Waals surface area contributed by atoms with Gasteiger partial charge in [0.05, 0.1) is 22.4 Å². The molecule has 0 bridgehead atoms. The molecule has 12 rings (SSSR count). The highest BCUT2D eigenvalue weighted by atomic mass is 16.3. The van der Waals surface area contributed by atoms with Gasteiger partial charge < -0.3 is 13.9 Å². The molecule has 0 amide bonds.